The molecule has 86 valence electrons. The lowest BCUT2D eigenvalue weighted by atomic mass is 9.92. The number of carbonyl (C=O) groups excluding carboxylic acids is 1. The SMILES string of the molecule is O=C(Cc1ccncc1)CC1CCOCC1. The van der Waals surface area contributed by atoms with Gasteiger partial charge in [0.1, 0.15) is 5.78 Å². The number of hydrogen-bond acceptors (Lipinski definition) is 3. The summed E-state index contributed by atoms with van der Waals surface area (Å²) in [5.41, 5.74) is 1.06. The van der Waals surface area contributed by atoms with E-state index >= 15 is 0 Å². The summed E-state index contributed by atoms with van der Waals surface area (Å²) >= 11 is 0. The number of ketones is 1. The minimum absolute atomic E-state index is 0.332. The maximum Gasteiger partial charge on any atom is 0.137 e. The molecule has 0 saturated carbocycles. The Hall–Kier alpha value is -1.22. The van der Waals surface area contributed by atoms with Crippen LogP contribution in [0, 0.1) is 5.92 Å². The van der Waals surface area contributed by atoms with Gasteiger partial charge in [-0.15, -0.1) is 0 Å². The van der Waals surface area contributed by atoms with Crippen molar-refractivity contribution in [2.45, 2.75) is 25.7 Å². The first-order valence-electron chi connectivity index (χ1n) is 5.83. The summed E-state index contributed by atoms with van der Waals surface area (Å²) in [5, 5.41) is 0. The van der Waals surface area contributed by atoms with Crippen LogP contribution in [0.25, 0.3) is 0 Å². The first-order valence-corrected chi connectivity index (χ1v) is 5.83. The van der Waals surface area contributed by atoms with Crippen molar-refractivity contribution >= 4 is 5.78 Å². The predicted molar refractivity (Wildman–Crippen MR) is 61.1 cm³/mol. The lowest BCUT2D eigenvalue weighted by molar-refractivity contribution is -0.120. The summed E-state index contributed by atoms with van der Waals surface area (Å²) in [6, 6.07) is 3.81. The molecule has 0 N–H and O–H groups in total. The monoisotopic (exact) mass is 219 g/mol. The van der Waals surface area contributed by atoms with Crippen LogP contribution >= 0.6 is 0 Å². The molecule has 3 nitrogen and oxygen atoms in total. The van der Waals surface area contributed by atoms with Crippen LogP contribution in [0.2, 0.25) is 0 Å². The Bertz CT molecular complexity index is 331. The first kappa shape index (κ1) is 11.3. The molecule has 0 atom stereocenters. The highest BCUT2D eigenvalue weighted by molar-refractivity contribution is 5.81. The average Bonchev–Trinajstić information content (AvgIpc) is 2.31. The normalized spacial score (nSPS) is 17.2. The second kappa shape index (κ2) is 5.75. The molecule has 1 aliphatic rings. The molecule has 2 rings (SSSR count). The smallest absolute Gasteiger partial charge is 0.137 e. The predicted octanol–water partition coefficient (Wildman–Crippen LogP) is 2.01. The van der Waals surface area contributed by atoms with Crippen LogP contribution in [-0.4, -0.2) is 24.0 Å². The number of nitrogens with zero attached hydrogens (tertiary/aromatic N) is 1. The summed E-state index contributed by atoms with van der Waals surface area (Å²) < 4.78 is 5.28. The van der Waals surface area contributed by atoms with Crippen molar-refractivity contribution in [2.24, 2.45) is 5.92 Å². The van der Waals surface area contributed by atoms with Crippen molar-refractivity contribution in [1.82, 2.24) is 4.98 Å². The Morgan fingerprint density at radius 2 is 2.00 bits per heavy atom. The van der Waals surface area contributed by atoms with Gasteiger partial charge in [-0.1, -0.05) is 0 Å². The molecular weight excluding hydrogens is 202 g/mol. The number of Topliss-reactive ketones (excluding diaryl/α,β-unsaturated/α-hetero) is 1. The molecule has 1 saturated heterocycles. The van der Waals surface area contributed by atoms with E-state index in [1.807, 2.05) is 12.1 Å². The van der Waals surface area contributed by atoms with Crippen molar-refractivity contribution in [3.63, 3.8) is 0 Å². The van der Waals surface area contributed by atoms with E-state index in [9.17, 15) is 4.79 Å². The molecule has 16 heavy (non-hydrogen) atoms. The zero-order chi connectivity index (χ0) is 11.2. The van der Waals surface area contributed by atoms with E-state index in [0.29, 0.717) is 24.5 Å². The Labute approximate surface area is 95.8 Å². The van der Waals surface area contributed by atoms with Gasteiger partial charge >= 0.3 is 0 Å². The number of aromatic nitrogens is 1. The van der Waals surface area contributed by atoms with E-state index in [1.165, 1.54) is 0 Å². The molecule has 0 spiro atoms. The van der Waals surface area contributed by atoms with Gasteiger partial charge in [-0.25, -0.2) is 0 Å². The van der Waals surface area contributed by atoms with Gasteiger partial charge in [0.25, 0.3) is 0 Å². The van der Waals surface area contributed by atoms with E-state index in [-0.39, 0.29) is 0 Å². The lowest BCUT2D eigenvalue weighted by Gasteiger charge is -2.21. The van der Waals surface area contributed by atoms with Crippen LogP contribution in [0.15, 0.2) is 24.5 Å². The third-order valence-corrected chi connectivity index (χ3v) is 3.01. The number of hydrogen-bond donors (Lipinski definition) is 0. The largest absolute Gasteiger partial charge is 0.381 e. The Kier molecular flexibility index (Phi) is 4.05. The molecule has 1 aromatic rings. The van der Waals surface area contributed by atoms with Crippen LogP contribution in [0.1, 0.15) is 24.8 Å². The fraction of sp³-hybridized carbons (Fsp3) is 0.538. The molecular formula is C13H17NO2. The molecule has 2 heterocycles. The summed E-state index contributed by atoms with van der Waals surface area (Å²) in [7, 11) is 0. The minimum Gasteiger partial charge on any atom is -0.381 e. The van der Waals surface area contributed by atoms with Gasteiger partial charge in [-0.2, -0.15) is 0 Å². The highest BCUT2D eigenvalue weighted by Crippen LogP contribution is 2.19. The van der Waals surface area contributed by atoms with Gasteiger partial charge in [-0.3, -0.25) is 9.78 Å². The second-order valence-corrected chi connectivity index (χ2v) is 4.33. The summed E-state index contributed by atoms with van der Waals surface area (Å²) in [5.74, 6) is 0.862. The zero-order valence-corrected chi connectivity index (χ0v) is 9.39. The summed E-state index contributed by atoms with van der Waals surface area (Å²) in [4.78, 5) is 15.8. The third-order valence-electron chi connectivity index (χ3n) is 3.01. The first-order chi connectivity index (χ1) is 7.84. The number of ether oxygens (including phenoxy) is 1. The van der Waals surface area contributed by atoms with Crippen LogP contribution < -0.4 is 0 Å². The summed E-state index contributed by atoms with van der Waals surface area (Å²) in [6.45, 7) is 1.63. The van der Waals surface area contributed by atoms with Gasteiger partial charge in [0.2, 0.25) is 0 Å². The lowest BCUT2D eigenvalue weighted by Crippen LogP contribution is -2.19. The highest BCUT2D eigenvalue weighted by Gasteiger charge is 2.17. The van der Waals surface area contributed by atoms with Gasteiger partial charge in [0, 0.05) is 38.4 Å². The van der Waals surface area contributed by atoms with Crippen LogP contribution in [0.5, 0.6) is 0 Å². The van der Waals surface area contributed by atoms with E-state index in [4.69, 9.17) is 4.74 Å². The quantitative estimate of drug-likeness (QED) is 0.777. The molecule has 0 bridgehead atoms. The molecule has 0 aliphatic carbocycles. The Morgan fingerprint density at radius 1 is 1.31 bits per heavy atom. The van der Waals surface area contributed by atoms with E-state index in [2.05, 4.69) is 4.98 Å². The molecule has 0 radical (unpaired) electrons. The molecule has 1 aromatic heterocycles. The fourth-order valence-corrected chi connectivity index (χ4v) is 2.07. The number of rotatable bonds is 4. The molecule has 0 aromatic carbocycles. The molecule has 3 heteroatoms. The second-order valence-electron chi connectivity index (χ2n) is 4.33. The zero-order valence-electron chi connectivity index (χ0n) is 9.39. The standard InChI is InChI=1S/C13H17NO2/c15-13(9-11-1-5-14-6-2-11)10-12-3-7-16-8-4-12/h1-2,5-6,12H,3-4,7-10H2. The van der Waals surface area contributed by atoms with E-state index in [0.717, 1.165) is 31.6 Å². The van der Waals surface area contributed by atoms with Crippen LogP contribution in [-0.2, 0) is 16.0 Å². The van der Waals surface area contributed by atoms with Gasteiger partial charge in [-0.05, 0) is 36.5 Å². The molecule has 1 aliphatic heterocycles. The fourth-order valence-electron chi connectivity index (χ4n) is 2.07. The Balaban J connectivity index is 1.80. The van der Waals surface area contributed by atoms with Crippen molar-refractivity contribution in [3.05, 3.63) is 30.1 Å². The highest BCUT2D eigenvalue weighted by atomic mass is 16.5. The van der Waals surface area contributed by atoms with E-state index in [1.54, 1.807) is 12.4 Å². The molecule has 0 unspecified atom stereocenters. The maximum absolute atomic E-state index is 11.8. The van der Waals surface area contributed by atoms with Gasteiger partial charge < -0.3 is 4.74 Å². The van der Waals surface area contributed by atoms with Crippen molar-refractivity contribution in [3.8, 4) is 0 Å². The van der Waals surface area contributed by atoms with Gasteiger partial charge in [0.05, 0.1) is 0 Å². The van der Waals surface area contributed by atoms with Crippen LogP contribution in [0.4, 0.5) is 0 Å². The molecule has 1 fully saturated rings. The Morgan fingerprint density at radius 3 is 2.69 bits per heavy atom. The van der Waals surface area contributed by atoms with Crippen molar-refractivity contribution in [1.29, 1.82) is 0 Å². The third kappa shape index (κ3) is 3.42. The molecule has 0 amide bonds. The van der Waals surface area contributed by atoms with Crippen LogP contribution in [0.3, 0.4) is 0 Å². The number of carbonyl (C=O) groups is 1. The average molecular weight is 219 g/mol. The maximum atomic E-state index is 11.8. The van der Waals surface area contributed by atoms with Crippen molar-refractivity contribution < 1.29 is 9.53 Å². The summed E-state index contributed by atoms with van der Waals surface area (Å²) in [6.07, 6.45) is 6.77. The van der Waals surface area contributed by atoms with E-state index < -0.39 is 0 Å². The van der Waals surface area contributed by atoms with Crippen molar-refractivity contribution in [2.75, 3.05) is 13.2 Å². The minimum atomic E-state index is 0.332. The topological polar surface area (TPSA) is 39.2 Å². The number of pyridine rings is 1. The van der Waals surface area contributed by atoms with Gasteiger partial charge in [0.15, 0.2) is 0 Å².